The SMILES string of the molecule is Cc1cccc(CN(C)c2ncc(C(=O)O)cc2N)n1. The second-order valence-electron chi connectivity index (χ2n) is 4.57. The summed E-state index contributed by atoms with van der Waals surface area (Å²) in [6, 6.07) is 7.20. The van der Waals surface area contributed by atoms with E-state index in [1.165, 1.54) is 12.3 Å². The summed E-state index contributed by atoms with van der Waals surface area (Å²) in [7, 11) is 1.84. The van der Waals surface area contributed by atoms with Crippen LogP contribution in [0.3, 0.4) is 0 Å². The van der Waals surface area contributed by atoms with Crippen molar-refractivity contribution in [2.75, 3.05) is 17.7 Å². The van der Waals surface area contributed by atoms with E-state index in [1.807, 2.05) is 37.1 Å². The lowest BCUT2D eigenvalue weighted by atomic mass is 10.2. The minimum atomic E-state index is -1.04. The van der Waals surface area contributed by atoms with Gasteiger partial charge in [0, 0.05) is 18.9 Å². The number of nitrogen functional groups attached to an aromatic ring is 1. The summed E-state index contributed by atoms with van der Waals surface area (Å²) < 4.78 is 0. The topological polar surface area (TPSA) is 92.3 Å². The van der Waals surface area contributed by atoms with Crippen LogP contribution in [0.1, 0.15) is 21.7 Å². The fourth-order valence-corrected chi connectivity index (χ4v) is 1.92. The molecule has 3 N–H and O–H groups in total. The Labute approximate surface area is 116 Å². The monoisotopic (exact) mass is 272 g/mol. The van der Waals surface area contributed by atoms with E-state index in [-0.39, 0.29) is 5.56 Å². The van der Waals surface area contributed by atoms with Crippen LogP contribution in [0, 0.1) is 6.92 Å². The predicted molar refractivity (Wildman–Crippen MR) is 76.7 cm³/mol. The van der Waals surface area contributed by atoms with Crippen LogP contribution in [0.5, 0.6) is 0 Å². The number of carboxylic acid groups (broad SMARTS) is 1. The number of nitrogens with zero attached hydrogens (tertiary/aromatic N) is 3. The van der Waals surface area contributed by atoms with Gasteiger partial charge in [-0.15, -0.1) is 0 Å². The number of aromatic nitrogens is 2. The van der Waals surface area contributed by atoms with Crippen molar-refractivity contribution in [3.05, 3.63) is 47.4 Å². The van der Waals surface area contributed by atoms with Crippen molar-refractivity contribution in [3.63, 3.8) is 0 Å². The molecule has 20 heavy (non-hydrogen) atoms. The highest BCUT2D eigenvalue weighted by Crippen LogP contribution is 2.21. The number of hydrogen-bond donors (Lipinski definition) is 2. The Morgan fingerprint density at radius 1 is 1.45 bits per heavy atom. The molecule has 0 atom stereocenters. The third kappa shape index (κ3) is 3.03. The van der Waals surface area contributed by atoms with Gasteiger partial charge >= 0.3 is 5.97 Å². The minimum absolute atomic E-state index is 0.0772. The second-order valence-corrected chi connectivity index (χ2v) is 4.57. The average molecular weight is 272 g/mol. The van der Waals surface area contributed by atoms with Crippen molar-refractivity contribution in [1.29, 1.82) is 0 Å². The maximum Gasteiger partial charge on any atom is 0.337 e. The molecule has 0 bridgehead atoms. The van der Waals surface area contributed by atoms with Crippen molar-refractivity contribution < 1.29 is 9.90 Å². The smallest absolute Gasteiger partial charge is 0.337 e. The molecule has 0 radical (unpaired) electrons. The molecule has 6 heteroatoms. The van der Waals surface area contributed by atoms with E-state index >= 15 is 0 Å². The molecular weight excluding hydrogens is 256 g/mol. The summed E-state index contributed by atoms with van der Waals surface area (Å²) in [5.41, 5.74) is 8.11. The van der Waals surface area contributed by atoms with Crippen LogP contribution in [-0.4, -0.2) is 28.1 Å². The maximum atomic E-state index is 10.8. The summed E-state index contributed by atoms with van der Waals surface area (Å²) >= 11 is 0. The molecule has 0 amide bonds. The summed E-state index contributed by atoms with van der Waals surface area (Å²) in [6.07, 6.45) is 1.30. The highest BCUT2D eigenvalue weighted by Gasteiger charge is 2.12. The molecule has 2 heterocycles. The van der Waals surface area contributed by atoms with Gasteiger partial charge in [-0.3, -0.25) is 4.98 Å². The molecule has 2 rings (SSSR count). The number of nitrogens with two attached hydrogens (primary N) is 1. The number of aryl methyl sites for hydroxylation is 1. The quantitative estimate of drug-likeness (QED) is 0.880. The standard InChI is InChI=1S/C14H16N4O2/c1-9-4-3-5-11(17-9)8-18(2)13-12(15)6-10(7-16-13)14(19)20/h3-7H,8,15H2,1-2H3,(H,19,20). The van der Waals surface area contributed by atoms with Crippen LogP contribution in [0.15, 0.2) is 30.5 Å². The number of pyridine rings is 2. The third-order valence-corrected chi connectivity index (χ3v) is 2.85. The molecule has 0 fully saturated rings. The van der Waals surface area contributed by atoms with E-state index in [9.17, 15) is 4.79 Å². The molecule has 0 aliphatic heterocycles. The molecule has 0 spiro atoms. The first-order valence-corrected chi connectivity index (χ1v) is 6.10. The van der Waals surface area contributed by atoms with Crippen molar-refractivity contribution in [1.82, 2.24) is 9.97 Å². The van der Waals surface area contributed by atoms with Gasteiger partial charge in [0.1, 0.15) is 0 Å². The molecule has 6 nitrogen and oxygen atoms in total. The van der Waals surface area contributed by atoms with E-state index < -0.39 is 5.97 Å². The molecular formula is C14H16N4O2. The van der Waals surface area contributed by atoms with E-state index in [1.54, 1.807) is 0 Å². The molecule has 0 saturated carbocycles. The van der Waals surface area contributed by atoms with Gasteiger partial charge in [0.25, 0.3) is 0 Å². The van der Waals surface area contributed by atoms with E-state index in [0.29, 0.717) is 18.1 Å². The zero-order valence-corrected chi connectivity index (χ0v) is 11.4. The second kappa shape index (κ2) is 5.56. The summed E-state index contributed by atoms with van der Waals surface area (Å²) in [6.45, 7) is 2.48. The van der Waals surface area contributed by atoms with E-state index in [4.69, 9.17) is 10.8 Å². The largest absolute Gasteiger partial charge is 0.478 e. The van der Waals surface area contributed by atoms with Gasteiger partial charge in [-0.1, -0.05) is 6.07 Å². The summed E-state index contributed by atoms with van der Waals surface area (Å²) in [5.74, 6) is -0.503. The Kier molecular flexibility index (Phi) is 3.84. The van der Waals surface area contributed by atoms with Gasteiger partial charge in [-0.25, -0.2) is 9.78 Å². The van der Waals surface area contributed by atoms with Crippen molar-refractivity contribution >= 4 is 17.5 Å². The highest BCUT2D eigenvalue weighted by molar-refractivity contribution is 5.89. The summed E-state index contributed by atoms with van der Waals surface area (Å²) in [5, 5.41) is 8.89. The van der Waals surface area contributed by atoms with Gasteiger partial charge in [-0.2, -0.15) is 0 Å². The molecule has 104 valence electrons. The van der Waals surface area contributed by atoms with Crippen molar-refractivity contribution in [2.45, 2.75) is 13.5 Å². The Morgan fingerprint density at radius 3 is 2.80 bits per heavy atom. The zero-order valence-electron chi connectivity index (χ0n) is 11.4. The Hall–Kier alpha value is -2.63. The van der Waals surface area contributed by atoms with Crippen LogP contribution in [0.2, 0.25) is 0 Å². The van der Waals surface area contributed by atoms with Crippen LogP contribution in [0.25, 0.3) is 0 Å². The van der Waals surface area contributed by atoms with Gasteiger partial charge < -0.3 is 15.7 Å². The Morgan fingerprint density at radius 2 is 2.20 bits per heavy atom. The molecule has 0 unspecified atom stereocenters. The number of anilines is 2. The molecule has 0 aromatic carbocycles. The summed E-state index contributed by atoms with van der Waals surface area (Å²) in [4.78, 5) is 21.2. The molecule has 2 aromatic heterocycles. The van der Waals surface area contributed by atoms with Gasteiger partial charge in [0.15, 0.2) is 5.82 Å². The number of rotatable bonds is 4. The zero-order chi connectivity index (χ0) is 14.7. The lowest BCUT2D eigenvalue weighted by Gasteiger charge is -2.19. The predicted octanol–water partition coefficient (Wildman–Crippen LogP) is 1.70. The third-order valence-electron chi connectivity index (χ3n) is 2.85. The average Bonchev–Trinajstić information content (AvgIpc) is 2.38. The van der Waals surface area contributed by atoms with Gasteiger partial charge in [0.2, 0.25) is 0 Å². The first kappa shape index (κ1) is 13.8. The van der Waals surface area contributed by atoms with E-state index in [2.05, 4.69) is 9.97 Å². The Balaban J connectivity index is 2.21. The Bertz CT molecular complexity index is 643. The highest BCUT2D eigenvalue weighted by atomic mass is 16.4. The fraction of sp³-hybridized carbons (Fsp3) is 0.214. The fourth-order valence-electron chi connectivity index (χ4n) is 1.92. The van der Waals surface area contributed by atoms with Crippen LogP contribution in [0.4, 0.5) is 11.5 Å². The van der Waals surface area contributed by atoms with Crippen LogP contribution < -0.4 is 10.6 Å². The first-order chi connectivity index (χ1) is 9.47. The number of aromatic carboxylic acids is 1. The van der Waals surface area contributed by atoms with Crippen molar-refractivity contribution in [3.8, 4) is 0 Å². The maximum absolute atomic E-state index is 10.8. The van der Waals surface area contributed by atoms with Crippen molar-refractivity contribution in [2.24, 2.45) is 0 Å². The van der Waals surface area contributed by atoms with Gasteiger partial charge in [-0.05, 0) is 25.1 Å². The van der Waals surface area contributed by atoms with Crippen LogP contribution in [-0.2, 0) is 6.54 Å². The number of carboxylic acids is 1. The normalized spacial score (nSPS) is 10.3. The van der Waals surface area contributed by atoms with Gasteiger partial charge in [0.05, 0.1) is 23.5 Å². The minimum Gasteiger partial charge on any atom is -0.478 e. The molecule has 0 aliphatic carbocycles. The number of carbonyl (C=O) groups is 1. The lowest BCUT2D eigenvalue weighted by molar-refractivity contribution is 0.0696. The number of hydrogen-bond acceptors (Lipinski definition) is 5. The molecule has 0 saturated heterocycles. The molecule has 0 aliphatic rings. The van der Waals surface area contributed by atoms with Crippen LogP contribution >= 0.6 is 0 Å². The molecule has 2 aromatic rings. The van der Waals surface area contributed by atoms with E-state index in [0.717, 1.165) is 11.4 Å². The lowest BCUT2D eigenvalue weighted by Crippen LogP contribution is -2.20. The first-order valence-electron chi connectivity index (χ1n) is 6.10.